The molecular formula is C29H22ClN. The van der Waals surface area contributed by atoms with Gasteiger partial charge in [-0.1, -0.05) is 109 Å². The first-order chi connectivity index (χ1) is 15.2. The van der Waals surface area contributed by atoms with Crippen molar-refractivity contribution in [1.82, 2.24) is 4.57 Å². The van der Waals surface area contributed by atoms with Gasteiger partial charge in [0.25, 0.3) is 0 Å². The van der Waals surface area contributed by atoms with Gasteiger partial charge in [-0.15, -0.1) is 0 Å². The number of nitrogens with zero attached hydrogens (tertiary/aromatic N) is 1. The van der Waals surface area contributed by atoms with Crippen LogP contribution in [-0.2, 0) is 0 Å². The lowest BCUT2D eigenvalue weighted by Gasteiger charge is -2.14. The summed E-state index contributed by atoms with van der Waals surface area (Å²) in [5.74, 6) is 0. The fourth-order valence-corrected chi connectivity index (χ4v) is 4.72. The van der Waals surface area contributed by atoms with Gasteiger partial charge in [0.15, 0.2) is 0 Å². The van der Waals surface area contributed by atoms with Crippen LogP contribution in [0.2, 0.25) is 5.02 Å². The molecule has 0 bridgehead atoms. The van der Waals surface area contributed by atoms with Crippen molar-refractivity contribution in [2.24, 2.45) is 0 Å². The summed E-state index contributed by atoms with van der Waals surface area (Å²) < 4.78 is 2.26. The number of rotatable bonds is 4. The van der Waals surface area contributed by atoms with Gasteiger partial charge in [0.1, 0.15) is 0 Å². The van der Waals surface area contributed by atoms with Crippen LogP contribution in [0, 0.1) is 0 Å². The molecule has 150 valence electrons. The molecule has 0 spiro atoms. The van der Waals surface area contributed by atoms with E-state index < -0.39 is 0 Å². The van der Waals surface area contributed by atoms with Crippen molar-refractivity contribution in [1.29, 1.82) is 0 Å². The third-order valence-corrected chi connectivity index (χ3v) is 6.12. The van der Waals surface area contributed by atoms with Crippen LogP contribution in [0.15, 0.2) is 110 Å². The second-order valence-electron chi connectivity index (χ2n) is 7.51. The molecule has 5 aromatic rings. The normalized spacial score (nSPS) is 11.9. The lowest BCUT2D eigenvalue weighted by molar-refractivity contribution is 1.23. The Balaban J connectivity index is 2.06. The molecule has 0 radical (unpaired) electrons. The molecule has 1 heterocycles. The van der Waals surface area contributed by atoms with E-state index in [-0.39, 0.29) is 0 Å². The van der Waals surface area contributed by atoms with E-state index in [1.54, 1.807) is 0 Å². The largest absolute Gasteiger partial charge is 0.307 e. The Hall–Kier alpha value is -3.55. The summed E-state index contributed by atoms with van der Waals surface area (Å²) in [6.45, 7) is 6.12. The standard InChI is InChI=1S/C29H22ClN/c1-3-22(4-2)31-28-25(16-11-17-26(28)30)27-23(20-12-7-5-8-13-20)18-19-24(29(27)31)21-14-9-6-10-15-21/h3-19H,1H2,2H3/b22-4+. The molecular weight excluding hydrogens is 398 g/mol. The minimum absolute atomic E-state index is 0.730. The molecule has 5 rings (SSSR count). The molecule has 0 atom stereocenters. The van der Waals surface area contributed by atoms with Crippen molar-refractivity contribution in [3.05, 3.63) is 115 Å². The van der Waals surface area contributed by atoms with E-state index in [4.69, 9.17) is 11.6 Å². The molecule has 4 aromatic carbocycles. The van der Waals surface area contributed by atoms with Crippen LogP contribution in [0.5, 0.6) is 0 Å². The average Bonchev–Trinajstić information content (AvgIpc) is 3.17. The third kappa shape index (κ3) is 3.10. The molecule has 0 unspecified atom stereocenters. The van der Waals surface area contributed by atoms with Crippen LogP contribution >= 0.6 is 11.6 Å². The number of para-hydroxylation sites is 1. The van der Waals surface area contributed by atoms with E-state index in [2.05, 4.69) is 90.0 Å². The van der Waals surface area contributed by atoms with Gasteiger partial charge in [-0.05, 0) is 35.8 Å². The van der Waals surface area contributed by atoms with Crippen molar-refractivity contribution < 1.29 is 0 Å². The van der Waals surface area contributed by atoms with Crippen LogP contribution in [0.4, 0.5) is 0 Å². The molecule has 1 nitrogen and oxygen atoms in total. The zero-order valence-electron chi connectivity index (χ0n) is 17.3. The minimum atomic E-state index is 0.730. The van der Waals surface area contributed by atoms with E-state index >= 15 is 0 Å². The first-order valence-electron chi connectivity index (χ1n) is 10.4. The lowest BCUT2D eigenvalue weighted by atomic mass is 9.94. The van der Waals surface area contributed by atoms with Gasteiger partial charge in [-0.25, -0.2) is 0 Å². The highest BCUT2D eigenvalue weighted by Gasteiger charge is 2.21. The topological polar surface area (TPSA) is 4.93 Å². The number of allylic oxidation sites excluding steroid dienone is 3. The maximum atomic E-state index is 6.81. The highest BCUT2D eigenvalue weighted by atomic mass is 35.5. The van der Waals surface area contributed by atoms with Gasteiger partial charge in [0, 0.05) is 22.0 Å². The molecule has 0 saturated heterocycles. The lowest BCUT2D eigenvalue weighted by Crippen LogP contribution is -1.96. The SMILES string of the molecule is C=C/C(=C\C)n1c2c(Cl)cccc2c2c(-c3ccccc3)ccc(-c3ccccc3)c21. The van der Waals surface area contributed by atoms with Crippen molar-refractivity contribution in [2.45, 2.75) is 6.92 Å². The predicted octanol–water partition coefficient (Wildman–Crippen LogP) is 8.83. The molecule has 0 aliphatic rings. The molecule has 0 aliphatic heterocycles. The molecule has 0 N–H and O–H groups in total. The van der Waals surface area contributed by atoms with Crippen LogP contribution < -0.4 is 0 Å². The molecule has 0 aliphatic carbocycles. The maximum absolute atomic E-state index is 6.81. The van der Waals surface area contributed by atoms with E-state index in [1.807, 2.05) is 31.2 Å². The Labute approximate surface area is 187 Å². The highest BCUT2D eigenvalue weighted by molar-refractivity contribution is 6.37. The maximum Gasteiger partial charge on any atom is 0.0727 e. The van der Waals surface area contributed by atoms with Gasteiger partial charge in [-0.3, -0.25) is 0 Å². The Morgan fingerprint density at radius 2 is 1.35 bits per heavy atom. The summed E-state index contributed by atoms with van der Waals surface area (Å²) in [4.78, 5) is 0. The number of fused-ring (bicyclic) bond motifs is 3. The van der Waals surface area contributed by atoms with Gasteiger partial charge in [0.2, 0.25) is 0 Å². The Morgan fingerprint density at radius 1 is 0.742 bits per heavy atom. The fraction of sp³-hybridized carbons (Fsp3) is 0.0345. The predicted molar refractivity (Wildman–Crippen MR) is 135 cm³/mol. The monoisotopic (exact) mass is 419 g/mol. The van der Waals surface area contributed by atoms with Crippen molar-refractivity contribution >= 4 is 39.1 Å². The first-order valence-corrected chi connectivity index (χ1v) is 10.8. The van der Waals surface area contributed by atoms with Crippen molar-refractivity contribution in [2.75, 3.05) is 0 Å². The van der Waals surface area contributed by atoms with E-state index in [0.717, 1.165) is 27.1 Å². The Morgan fingerprint density at radius 3 is 1.97 bits per heavy atom. The summed E-state index contributed by atoms with van der Waals surface area (Å²) in [6, 6.07) is 31.7. The summed E-state index contributed by atoms with van der Waals surface area (Å²) in [5, 5.41) is 3.07. The molecule has 0 fully saturated rings. The van der Waals surface area contributed by atoms with Gasteiger partial charge < -0.3 is 4.57 Å². The summed E-state index contributed by atoms with van der Waals surface area (Å²) in [6.07, 6.45) is 3.98. The zero-order valence-corrected chi connectivity index (χ0v) is 18.1. The molecule has 31 heavy (non-hydrogen) atoms. The summed E-state index contributed by atoms with van der Waals surface area (Å²) in [7, 11) is 0. The molecule has 0 amide bonds. The minimum Gasteiger partial charge on any atom is -0.307 e. The summed E-state index contributed by atoms with van der Waals surface area (Å²) in [5.41, 5.74) is 7.88. The number of hydrogen-bond donors (Lipinski definition) is 0. The number of aromatic nitrogens is 1. The first kappa shape index (κ1) is 19.4. The van der Waals surface area contributed by atoms with Crippen molar-refractivity contribution in [3.63, 3.8) is 0 Å². The average molecular weight is 420 g/mol. The highest BCUT2D eigenvalue weighted by Crippen LogP contribution is 2.44. The quantitative estimate of drug-likeness (QED) is 0.256. The second kappa shape index (κ2) is 7.94. The zero-order chi connectivity index (χ0) is 21.4. The van der Waals surface area contributed by atoms with Crippen LogP contribution in [-0.4, -0.2) is 4.57 Å². The number of benzene rings is 4. The van der Waals surface area contributed by atoms with Crippen molar-refractivity contribution in [3.8, 4) is 22.3 Å². The van der Waals surface area contributed by atoms with Crippen LogP contribution in [0.3, 0.4) is 0 Å². The fourth-order valence-electron chi connectivity index (χ4n) is 4.46. The Kier molecular flexibility index (Phi) is 4.97. The number of halogens is 1. The van der Waals surface area contributed by atoms with Gasteiger partial charge in [-0.2, -0.15) is 0 Å². The van der Waals surface area contributed by atoms with E-state index in [0.29, 0.717) is 0 Å². The third-order valence-electron chi connectivity index (χ3n) is 5.81. The smallest absolute Gasteiger partial charge is 0.0727 e. The Bertz CT molecular complexity index is 1440. The van der Waals surface area contributed by atoms with Gasteiger partial charge >= 0.3 is 0 Å². The number of hydrogen-bond acceptors (Lipinski definition) is 0. The van der Waals surface area contributed by atoms with E-state index in [9.17, 15) is 0 Å². The van der Waals surface area contributed by atoms with E-state index in [1.165, 1.54) is 27.6 Å². The van der Waals surface area contributed by atoms with Crippen LogP contribution in [0.25, 0.3) is 49.8 Å². The molecule has 1 aromatic heterocycles. The second-order valence-corrected chi connectivity index (χ2v) is 7.91. The van der Waals surface area contributed by atoms with Crippen LogP contribution in [0.1, 0.15) is 6.92 Å². The molecule has 2 heteroatoms. The van der Waals surface area contributed by atoms with Gasteiger partial charge in [0.05, 0.1) is 16.1 Å². The summed E-state index contributed by atoms with van der Waals surface area (Å²) >= 11 is 6.81. The molecule has 0 saturated carbocycles.